The molecule has 6 heteroatoms. The van der Waals surface area contributed by atoms with E-state index in [9.17, 15) is 4.79 Å². The van der Waals surface area contributed by atoms with Crippen LogP contribution in [0.2, 0.25) is 5.02 Å². The van der Waals surface area contributed by atoms with Crippen molar-refractivity contribution in [2.75, 3.05) is 16.4 Å². The summed E-state index contributed by atoms with van der Waals surface area (Å²) in [5.74, 6) is 0. The Morgan fingerprint density at radius 1 is 1.00 bits per heavy atom. The zero-order valence-electron chi connectivity index (χ0n) is 12.2. The van der Waals surface area contributed by atoms with Crippen LogP contribution >= 0.6 is 11.6 Å². The first-order chi connectivity index (χ1) is 11.1. The summed E-state index contributed by atoms with van der Waals surface area (Å²) in [5.41, 5.74) is 8.37. The summed E-state index contributed by atoms with van der Waals surface area (Å²) < 4.78 is 1.98. The van der Waals surface area contributed by atoms with Gasteiger partial charge in [-0.1, -0.05) is 11.6 Å². The van der Waals surface area contributed by atoms with Crippen molar-refractivity contribution < 1.29 is 4.79 Å². The van der Waals surface area contributed by atoms with E-state index in [2.05, 4.69) is 10.6 Å². The van der Waals surface area contributed by atoms with Crippen LogP contribution in [-0.2, 0) is 0 Å². The molecule has 0 spiro atoms. The molecule has 4 N–H and O–H groups in total. The highest BCUT2D eigenvalue weighted by molar-refractivity contribution is 6.34. The zero-order valence-corrected chi connectivity index (χ0v) is 12.9. The molecule has 0 saturated carbocycles. The van der Waals surface area contributed by atoms with E-state index in [-0.39, 0.29) is 6.03 Å². The largest absolute Gasteiger partial charge is 0.399 e. The highest BCUT2D eigenvalue weighted by atomic mass is 35.5. The summed E-state index contributed by atoms with van der Waals surface area (Å²) in [5, 5.41) is 5.83. The molecule has 1 aromatic heterocycles. The normalized spacial score (nSPS) is 10.3. The van der Waals surface area contributed by atoms with Crippen molar-refractivity contribution in [3.05, 3.63) is 72.0 Å². The van der Waals surface area contributed by atoms with Gasteiger partial charge in [0.1, 0.15) is 0 Å². The van der Waals surface area contributed by atoms with Gasteiger partial charge < -0.3 is 20.9 Å². The number of aromatic nitrogens is 1. The number of rotatable bonds is 3. The molecule has 116 valence electrons. The first-order valence-electron chi connectivity index (χ1n) is 6.98. The van der Waals surface area contributed by atoms with Gasteiger partial charge in [-0.3, -0.25) is 0 Å². The minimum Gasteiger partial charge on any atom is -0.399 e. The van der Waals surface area contributed by atoms with Crippen molar-refractivity contribution in [1.82, 2.24) is 4.57 Å². The van der Waals surface area contributed by atoms with Crippen LogP contribution in [0.1, 0.15) is 0 Å². The van der Waals surface area contributed by atoms with Gasteiger partial charge in [0.25, 0.3) is 0 Å². The van der Waals surface area contributed by atoms with Crippen molar-refractivity contribution in [2.24, 2.45) is 0 Å². The van der Waals surface area contributed by atoms with Gasteiger partial charge in [-0.25, -0.2) is 4.79 Å². The quantitative estimate of drug-likeness (QED) is 0.626. The van der Waals surface area contributed by atoms with Crippen LogP contribution in [-0.4, -0.2) is 10.6 Å². The summed E-state index contributed by atoms with van der Waals surface area (Å²) in [6, 6.07) is 16.0. The SMILES string of the molecule is Nc1ccc(NC(=O)Nc2ccc(-n3cccc3)cc2)c(Cl)c1. The van der Waals surface area contributed by atoms with Gasteiger partial charge in [0.2, 0.25) is 0 Å². The molecule has 1 heterocycles. The lowest BCUT2D eigenvalue weighted by atomic mass is 10.2. The molecule has 2 amide bonds. The molecule has 0 bridgehead atoms. The van der Waals surface area contributed by atoms with Gasteiger partial charge in [0.15, 0.2) is 0 Å². The van der Waals surface area contributed by atoms with Crippen molar-refractivity contribution in [1.29, 1.82) is 0 Å². The molecule has 3 rings (SSSR count). The number of halogens is 1. The monoisotopic (exact) mass is 326 g/mol. The van der Waals surface area contributed by atoms with Crippen LogP contribution in [0, 0.1) is 0 Å². The second kappa shape index (κ2) is 6.46. The van der Waals surface area contributed by atoms with E-state index < -0.39 is 0 Å². The van der Waals surface area contributed by atoms with E-state index in [0.29, 0.717) is 22.1 Å². The topological polar surface area (TPSA) is 72.1 Å². The highest BCUT2D eigenvalue weighted by Crippen LogP contribution is 2.24. The van der Waals surface area contributed by atoms with Gasteiger partial charge in [-0.05, 0) is 54.6 Å². The van der Waals surface area contributed by atoms with Crippen LogP contribution in [0.25, 0.3) is 5.69 Å². The Labute approximate surface area is 138 Å². The lowest BCUT2D eigenvalue weighted by Crippen LogP contribution is -2.19. The number of urea groups is 1. The van der Waals surface area contributed by atoms with Crippen LogP contribution in [0.3, 0.4) is 0 Å². The fourth-order valence-corrected chi connectivity index (χ4v) is 2.38. The van der Waals surface area contributed by atoms with E-state index in [1.165, 1.54) is 0 Å². The number of hydrogen-bond donors (Lipinski definition) is 3. The Bertz CT molecular complexity index is 813. The van der Waals surface area contributed by atoms with E-state index in [1.54, 1.807) is 18.2 Å². The summed E-state index contributed by atoms with van der Waals surface area (Å²) in [6.45, 7) is 0. The molecular weight excluding hydrogens is 312 g/mol. The maximum Gasteiger partial charge on any atom is 0.323 e. The van der Waals surface area contributed by atoms with Crippen molar-refractivity contribution >= 4 is 34.7 Å². The molecule has 0 fully saturated rings. The molecule has 0 radical (unpaired) electrons. The number of hydrogen-bond acceptors (Lipinski definition) is 2. The lowest BCUT2D eigenvalue weighted by Gasteiger charge is -2.10. The van der Waals surface area contributed by atoms with Crippen LogP contribution < -0.4 is 16.4 Å². The third-order valence-corrected chi connectivity index (χ3v) is 3.58. The molecule has 0 atom stereocenters. The molecular formula is C17H15ClN4O. The van der Waals surface area contributed by atoms with Crippen molar-refractivity contribution in [3.8, 4) is 5.69 Å². The third kappa shape index (κ3) is 3.64. The number of anilines is 3. The number of carbonyl (C=O) groups excluding carboxylic acids is 1. The lowest BCUT2D eigenvalue weighted by molar-refractivity contribution is 0.262. The van der Waals surface area contributed by atoms with E-state index >= 15 is 0 Å². The number of nitrogens with two attached hydrogens (primary N) is 1. The number of benzene rings is 2. The maximum absolute atomic E-state index is 12.0. The fourth-order valence-electron chi connectivity index (χ4n) is 2.14. The maximum atomic E-state index is 12.0. The predicted octanol–water partition coefficient (Wildman–Crippen LogP) is 4.36. The average molecular weight is 327 g/mol. The van der Waals surface area contributed by atoms with E-state index in [0.717, 1.165) is 5.69 Å². The Morgan fingerprint density at radius 3 is 2.35 bits per heavy atom. The average Bonchev–Trinajstić information content (AvgIpc) is 3.05. The minimum atomic E-state index is -0.370. The Morgan fingerprint density at radius 2 is 1.70 bits per heavy atom. The summed E-state index contributed by atoms with van der Waals surface area (Å²) in [7, 11) is 0. The van der Waals surface area contributed by atoms with Gasteiger partial charge in [0, 0.05) is 29.5 Å². The second-order valence-electron chi connectivity index (χ2n) is 4.96. The Kier molecular flexibility index (Phi) is 4.21. The van der Waals surface area contributed by atoms with Crippen molar-refractivity contribution in [3.63, 3.8) is 0 Å². The number of nitrogens with one attached hydrogen (secondary N) is 2. The van der Waals surface area contributed by atoms with Crippen LogP contribution in [0.4, 0.5) is 21.9 Å². The summed E-state index contributed by atoms with van der Waals surface area (Å²) in [6.07, 6.45) is 3.91. The number of nitrogen functional groups attached to an aromatic ring is 1. The second-order valence-corrected chi connectivity index (χ2v) is 5.36. The predicted molar refractivity (Wildman–Crippen MR) is 94.3 cm³/mol. The first kappa shape index (κ1) is 15.0. The van der Waals surface area contributed by atoms with Crippen molar-refractivity contribution in [2.45, 2.75) is 0 Å². The van der Waals surface area contributed by atoms with Gasteiger partial charge in [0.05, 0.1) is 10.7 Å². The smallest absolute Gasteiger partial charge is 0.323 e. The molecule has 0 aliphatic rings. The van der Waals surface area contributed by atoms with Gasteiger partial charge >= 0.3 is 6.03 Å². The number of nitrogens with zero attached hydrogens (tertiary/aromatic N) is 1. The summed E-state index contributed by atoms with van der Waals surface area (Å²) in [4.78, 5) is 12.0. The van der Waals surface area contributed by atoms with Crippen LogP contribution in [0.15, 0.2) is 67.0 Å². The van der Waals surface area contributed by atoms with E-state index in [4.69, 9.17) is 17.3 Å². The van der Waals surface area contributed by atoms with E-state index in [1.807, 2.05) is 53.4 Å². The molecule has 2 aromatic carbocycles. The molecule has 0 saturated heterocycles. The third-order valence-electron chi connectivity index (χ3n) is 3.27. The molecule has 0 unspecified atom stereocenters. The Balaban J connectivity index is 1.66. The summed E-state index contributed by atoms with van der Waals surface area (Å²) >= 11 is 6.03. The van der Waals surface area contributed by atoms with Gasteiger partial charge in [-0.2, -0.15) is 0 Å². The zero-order chi connectivity index (χ0) is 16.2. The standard InChI is InChI=1S/C17H15ClN4O/c18-15-11-12(19)3-8-16(15)21-17(23)20-13-4-6-14(7-5-13)22-9-1-2-10-22/h1-11H,19H2,(H2,20,21,23). The fraction of sp³-hybridized carbons (Fsp3) is 0. The molecule has 0 aliphatic carbocycles. The van der Waals surface area contributed by atoms with Crippen LogP contribution in [0.5, 0.6) is 0 Å². The molecule has 23 heavy (non-hydrogen) atoms. The molecule has 3 aromatic rings. The number of amides is 2. The Hall–Kier alpha value is -2.92. The molecule has 0 aliphatic heterocycles. The first-order valence-corrected chi connectivity index (χ1v) is 7.36. The molecule has 5 nitrogen and oxygen atoms in total. The number of carbonyl (C=O) groups is 1. The van der Waals surface area contributed by atoms with Gasteiger partial charge in [-0.15, -0.1) is 0 Å². The highest BCUT2D eigenvalue weighted by Gasteiger charge is 2.06. The minimum absolute atomic E-state index is 0.370.